The summed E-state index contributed by atoms with van der Waals surface area (Å²) in [6.07, 6.45) is 15.0. The van der Waals surface area contributed by atoms with Crippen LogP contribution in [0.4, 0.5) is 11.5 Å². The van der Waals surface area contributed by atoms with Crippen molar-refractivity contribution >= 4 is 28.6 Å². The molecule has 0 unspecified atom stereocenters. The fourth-order valence-electron chi connectivity index (χ4n) is 6.07. The molecule has 11 nitrogen and oxygen atoms in total. The van der Waals surface area contributed by atoms with Gasteiger partial charge < -0.3 is 20.3 Å². The number of nitrogens with zero attached hydrogens (tertiary/aromatic N) is 7. The van der Waals surface area contributed by atoms with Crippen molar-refractivity contribution < 1.29 is 14.8 Å². The third kappa shape index (κ3) is 5.30. The number of carbonyl (C=O) groups is 1. The lowest BCUT2D eigenvalue weighted by Crippen LogP contribution is -2.86. The predicted molar refractivity (Wildman–Crippen MR) is 158 cm³/mol. The fourth-order valence-corrected chi connectivity index (χ4v) is 6.07. The molecule has 1 atom stereocenters. The Bertz CT molecular complexity index is 1760. The first-order valence-electron chi connectivity index (χ1n) is 14.6. The van der Waals surface area contributed by atoms with E-state index in [2.05, 4.69) is 42.9 Å². The second-order valence-electron chi connectivity index (χ2n) is 11.1. The molecule has 0 saturated carbocycles. The van der Waals surface area contributed by atoms with Gasteiger partial charge >= 0.3 is 0 Å². The topological polar surface area (TPSA) is 119 Å². The molecule has 4 aromatic heterocycles. The molecule has 0 bridgehead atoms. The van der Waals surface area contributed by atoms with Crippen LogP contribution in [0.5, 0.6) is 11.5 Å². The maximum absolute atomic E-state index is 12.8. The lowest BCUT2D eigenvalue weighted by molar-refractivity contribution is -0.659. The number of pyridine rings is 1. The number of amides is 1. The maximum atomic E-state index is 12.8. The van der Waals surface area contributed by atoms with Gasteiger partial charge in [0.1, 0.15) is 35.7 Å². The Morgan fingerprint density at radius 2 is 1.86 bits per heavy atom. The highest BCUT2D eigenvalue weighted by molar-refractivity contribution is 5.87. The summed E-state index contributed by atoms with van der Waals surface area (Å²) in [4.78, 5) is 23.6. The molecular weight excluding hydrogens is 530 g/mol. The molecule has 7 rings (SSSR count). The number of nitrogens with one attached hydrogen (secondary N) is 1. The van der Waals surface area contributed by atoms with E-state index in [4.69, 9.17) is 4.74 Å². The summed E-state index contributed by atoms with van der Waals surface area (Å²) in [5.74, 6) is 2.68. The van der Waals surface area contributed by atoms with E-state index in [-0.39, 0.29) is 5.91 Å². The highest BCUT2D eigenvalue weighted by Crippen LogP contribution is 2.35. The lowest BCUT2D eigenvalue weighted by Gasteiger charge is -2.31. The van der Waals surface area contributed by atoms with E-state index in [1.165, 1.54) is 18.3 Å². The number of piperidine rings is 1. The maximum Gasteiger partial charge on any atom is 0.246 e. The van der Waals surface area contributed by atoms with Crippen molar-refractivity contribution in [1.29, 1.82) is 0 Å². The average Bonchev–Trinajstić information content (AvgIpc) is 3.79. The van der Waals surface area contributed by atoms with Crippen LogP contribution in [0.3, 0.4) is 0 Å². The number of anilines is 2. The van der Waals surface area contributed by atoms with Gasteiger partial charge in [0.2, 0.25) is 5.91 Å². The Morgan fingerprint density at radius 3 is 2.69 bits per heavy atom. The van der Waals surface area contributed by atoms with Crippen molar-refractivity contribution in [3.8, 4) is 11.5 Å². The van der Waals surface area contributed by atoms with E-state index in [0.717, 1.165) is 72.9 Å². The molecular formula is C31H34N9O2+. The lowest BCUT2D eigenvalue weighted by atomic mass is 9.90. The van der Waals surface area contributed by atoms with Crippen LogP contribution in [-0.4, -0.2) is 65.7 Å². The Kier molecular flexibility index (Phi) is 7.00. The number of carbonyl (C=O) groups excluding carboxylic acids is 1. The summed E-state index contributed by atoms with van der Waals surface area (Å²) in [7, 11) is 0. The first-order valence-corrected chi connectivity index (χ1v) is 14.6. The van der Waals surface area contributed by atoms with Crippen LogP contribution >= 0.6 is 0 Å². The molecule has 1 aromatic carbocycles. The Morgan fingerprint density at radius 1 is 1.02 bits per heavy atom. The third-order valence-corrected chi connectivity index (χ3v) is 8.35. The standard InChI is InChI=1S/C31H33N9O2/c1-21-17-24(4-6-27(21)42-25-10-15-39-28(18-25)33-19-35-39)37-31-30-26(11-16-40(30)36-20-34-31)22-8-13-38(14-9-22)29(41)7-5-23-3-2-12-32-23/h4-7,10-11,15-20,22-23,32H,2-3,8-9,12-14H2,1H3,(H,34,36,37)/p+1/b7-5+/t23-/m1/s1. The van der Waals surface area contributed by atoms with E-state index in [1.807, 2.05) is 59.1 Å². The molecule has 2 aliphatic rings. The number of fused-ring (bicyclic) bond motifs is 2. The smallest absolute Gasteiger partial charge is 0.246 e. The summed E-state index contributed by atoms with van der Waals surface area (Å²) < 4.78 is 9.72. The van der Waals surface area contributed by atoms with Gasteiger partial charge in [0.25, 0.3) is 0 Å². The van der Waals surface area contributed by atoms with Crippen molar-refractivity contribution in [3.63, 3.8) is 0 Å². The SMILES string of the molecule is Cc1cc(Nc2ncnn3ccc(C4CCN(C(=O)/C=C/[C@H]5CCC[NH2+]5)CC4)c23)ccc1Oc1ccn2ncnc2c1. The van der Waals surface area contributed by atoms with Crippen molar-refractivity contribution in [2.24, 2.45) is 0 Å². The molecule has 42 heavy (non-hydrogen) atoms. The number of hydrogen-bond donors (Lipinski definition) is 2. The molecule has 2 saturated heterocycles. The van der Waals surface area contributed by atoms with Crippen molar-refractivity contribution in [3.05, 3.63) is 84.7 Å². The van der Waals surface area contributed by atoms with E-state index >= 15 is 0 Å². The number of benzene rings is 1. The highest BCUT2D eigenvalue weighted by Gasteiger charge is 2.26. The minimum Gasteiger partial charge on any atom is -0.457 e. The van der Waals surface area contributed by atoms with Crippen molar-refractivity contribution in [1.82, 2.24) is 34.1 Å². The highest BCUT2D eigenvalue weighted by atomic mass is 16.5. The summed E-state index contributed by atoms with van der Waals surface area (Å²) in [6.45, 7) is 4.68. The third-order valence-electron chi connectivity index (χ3n) is 8.35. The molecule has 2 fully saturated rings. The average molecular weight is 565 g/mol. The number of aromatic nitrogens is 6. The number of hydrogen-bond acceptors (Lipinski definition) is 7. The zero-order chi connectivity index (χ0) is 28.5. The van der Waals surface area contributed by atoms with Gasteiger partial charge in [-0.05, 0) is 73.2 Å². The predicted octanol–water partition coefficient (Wildman–Crippen LogP) is 3.60. The van der Waals surface area contributed by atoms with Gasteiger partial charge in [-0.2, -0.15) is 10.2 Å². The van der Waals surface area contributed by atoms with Crippen molar-refractivity contribution in [2.45, 2.75) is 44.6 Å². The molecule has 3 N–H and O–H groups in total. The molecule has 1 amide bonds. The Labute approximate surface area is 243 Å². The monoisotopic (exact) mass is 564 g/mol. The van der Waals surface area contributed by atoms with Gasteiger partial charge in [0, 0.05) is 56.2 Å². The van der Waals surface area contributed by atoms with Crippen LogP contribution in [0.15, 0.2) is 73.6 Å². The van der Waals surface area contributed by atoms with Gasteiger partial charge in [0.15, 0.2) is 11.5 Å². The number of ether oxygens (including phenoxy) is 1. The zero-order valence-corrected chi connectivity index (χ0v) is 23.6. The van der Waals surface area contributed by atoms with Crippen LogP contribution in [0.1, 0.15) is 42.7 Å². The number of quaternary nitrogens is 1. The molecule has 11 heteroatoms. The first kappa shape index (κ1) is 26.1. The van der Waals surface area contributed by atoms with Gasteiger partial charge in [0.05, 0.1) is 6.54 Å². The molecule has 2 aliphatic heterocycles. The molecule has 0 spiro atoms. The van der Waals surface area contributed by atoms with Crippen LogP contribution < -0.4 is 15.4 Å². The molecule has 0 radical (unpaired) electrons. The van der Waals surface area contributed by atoms with E-state index < -0.39 is 0 Å². The molecule has 0 aliphatic carbocycles. The summed E-state index contributed by atoms with van der Waals surface area (Å²) in [5, 5.41) is 14.4. The Balaban J connectivity index is 1.05. The zero-order valence-electron chi connectivity index (χ0n) is 23.6. The van der Waals surface area contributed by atoms with Crippen molar-refractivity contribution in [2.75, 3.05) is 25.0 Å². The van der Waals surface area contributed by atoms with Gasteiger partial charge in [-0.15, -0.1) is 0 Å². The number of rotatable bonds is 7. The largest absolute Gasteiger partial charge is 0.457 e. The molecule has 6 heterocycles. The van der Waals surface area contributed by atoms with Gasteiger partial charge in [-0.25, -0.2) is 19.0 Å². The van der Waals surface area contributed by atoms with Crippen LogP contribution in [0.25, 0.3) is 11.2 Å². The quantitative estimate of drug-likeness (QED) is 0.290. The van der Waals surface area contributed by atoms with Crippen LogP contribution in [-0.2, 0) is 4.79 Å². The summed E-state index contributed by atoms with van der Waals surface area (Å²) in [5.41, 5.74) is 4.80. The fraction of sp³-hybridized carbons (Fsp3) is 0.323. The van der Waals surface area contributed by atoms with Gasteiger partial charge in [-0.3, -0.25) is 4.79 Å². The van der Waals surface area contributed by atoms with Gasteiger partial charge in [-0.1, -0.05) is 0 Å². The minimum absolute atomic E-state index is 0.128. The van der Waals surface area contributed by atoms with E-state index in [9.17, 15) is 4.79 Å². The number of nitrogens with two attached hydrogens (primary N) is 1. The number of aryl methyl sites for hydroxylation is 1. The summed E-state index contributed by atoms with van der Waals surface area (Å²) >= 11 is 0. The van der Waals surface area contributed by atoms with Crippen LogP contribution in [0, 0.1) is 6.92 Å². The normalized spacial score (nSPS) is 17.9. The second-order valence-corrected chi connectivity index (χ2v) is 11.1. The molecule has 214 valence electrons. The first-order chi connectivity index (χ1) is 20.6. The number of likely N-dealkylation sites (tertiary alicyclic amines) is 1. The van der Waals surface area contributed by atoms with Crippen LogP contribution in [0.2, 0.25) is 0 Å². The van der Waals surface area contributed by atoms with E-state index in [0.29, 0.717) is 17.7 Å². The van der Waals surface area contributed by atoms with E-state index in [1.54, 1.807) is 16.9 Å². The Hall–Kier alpha value is -4.77. The molecule has 5 aromatic rings. The summed E-state index contributed by atoms with van der Waals surface area (Å²) in [6, 6.07) is 12.3. The minimum atomic E-state index is 0.128. The second kappa shape index (κ2) is 11.2.